The molecule has 4 heteroatoms. The van der Waals surface area contributed by atoms with Gasteiger partial charge in [0.05, 0.1) is 5.92 Å². The number of pyridine rings is 1. The number of hydrogen-bond donors (Lipinski definition) is 2. The fraction of sp³-hybridized carbons (Fsp3) is 0.182. The minimum Gasteiger partial charge on any atom is -0.508 e. The van der Waals surface area contributed by atoms with Crippen LogP contribution in [0.4, 0.5) is 0 Å². The molecule has 1 unspecified atom stereocenters. The summed E-state index contributed by atoms with van der Waals surface area (Å²) in [6.07, 6.45) is 4.71. The number of carbonyl (C=O) groups is 1. The molecule has 0 saturated carbocycles. The van der Waals surface area contributed by atoms with Gasteiger partial charge in [-0.2, -0.15) is 0 Å². The number of nitrogens with zero attached hydrogens (tertiary/aromatic N) is 1. The molecule has 0 aliphatic heterocycles. The van der Waals surface area contributed by atoms with Crippen molar-refractivity contribution in [3.8, 4) is 5.75 Å². The van der Waals surface area contributed by atoms with E-state index < -0.39 is 0 Å². The van der Waals surface area contributed by atoms with E-state index >= 15 is 0 Å². The summed E-state index contributed by atoms with van der Waals surface area (Å²) in [6, 6.07) is 20.8. The predicted octanol–water partition coefficient (Wildman–Crippen LogP) is 3.47. The zero-order valence-corrected chi connectivity index (χ0v) is 14.5. The second-order valence-corrected chi connectivity index (χ2v) is 6.20. The van der Waals surface area contributed by atoms with Crippen LogP contribution in [0.3, 0.4) is 0 Å². The highest BCUT2D eigenvalue weighted by atomic mass is 16.3. The summed E-state index contributed by atoms with van der Waals surface area (Å²) in [7, 11) is 0. The molecule has 26 heavy (non-hydrogen) atoms. The van der Waals surface area contributed by atoms with E-state index in [0.717, 1.165) is 16.7 Å². The smallest absolute Gasteiger partial charge is 0.227 e. The molecule has 2 aromatic carbocycles. The highest BCUT2D eigenvalue weighted by molar-refractivity contribution is 5.84. The van der Waals surface area contributed by atoms with E-state index in [2.05, 4.69) is 10.3 Å². The number of benzene rings is 2. The summed E-state index contributed by atoms with van der Waals surface area (Å²) in [5, 5.41) is 12.8. The van der Waals surface area contributed by atoms with Crippen LogP contribution in [0.2, 0.25) is 0 Å². The molecule has 132 valence electrons. The topological polar surface area (TPSA) is 62.2 Å². The maximum absolute atomic E-state index is 12.8. The van der Waals surface area contributed by atoms with Crippen molar-refractivity contribution in [2.45, 2.75) is 18.8 Å². The van der Waals surface area contributed by atoms with E-state index in [4.69, 9.17) is 0 Å². The van der Waals surface area contributed by atoms with Crippen molar-refractivity contribution in [2.24, 2.45) is 0 Å². The minimum atomic E-state index is -0.273. The Morgan fingerprint density at radius 1 is 1.00 bits per heavy atom. The summed E-state index contributed by atoms with van der Waals surface area (Å²) >= 11 is 0. The standard InChI is InChI=1S/C22H22N2O2/c25-21-11-5-4-10-19(21)12-14-24-22(26)20(18-8-2-1-3-9-18)15-17-7-6-13-23-16-17/h1-11,13,16,20,25H,12,14-15H2,(H,24,26). The van der Waals surface area contributed by atoms with Gasteiger partial charge in [-0.25, -0.2) is 0 Å². The Morgan fingerprint density at radius 2 is 1.77 bits per heavy atom. The van der Waals surface area contributed by atoms with Crippen molar-refractivity contribution < 1.29 is 9.90 Å². The molecule has 1 aromatic heterocycles. The van der Waals surface area contributed by atoms with Crippen LogP contribution in [0.15, 0.2) is 79.1 Å². The number of amides is 1. The second-order valence-electron chi connectivity index (χ2n) is 6.20. The quantitative estimate of drug-likeness (QED) is 0.688. The molecule has 3 rings (SSSR count). The molecular formula is C22H22N2O2. The van der Waals surface area contributed by atoms with Gasteiger partial charge in [0.1, 0.15) is 5.75 Å². The molecule has 4 nitrogen and oxygen atoms in total. The summed E-state index contributed by atoms with van der Waals surface area (Å²) in [5.74, 6) is -0.0306. The van der Waals surface area contributed by atoms with Crippen molar-refractivity contribution in [2.75, 3.05) is 6.54 Å². The molecule has 0 fully saturated rings. The van der Waals surface area contributed by atoms with Crippen LogP contribution < -0.4 is 5.32 Å². The lowest BCUT2D eigenvalue weighted by atomic mass is 9.91. The molecule has 3 aromatic rings. The number of hydrogen-bond acceptors (Lipinski definition) is 3. The van der Waals surface area contributed by atoms with Crippen molar-refractivity contribution in [1.82, 2.24) is 10.3 Å². The Balaban J connectivity index is 1.68. The third-order valence-corrected chi connectivity index (χ3v) is 4.37. The molecule has 0 aliphatic rings. The third-order valence-electron chi connectivity index (χ3n) is 4.37. The fourth-order valence-electron chi connectivity index (χ4n) is 2.97. The lowest BCUT2D eigenvalue weighted by molar-refractivity contribution is -0.122. The van der Waals surface area contributed by atoms with Gasteiger partial charge in [0.2, 0.25) is 5.91 Å². The highest BCUT2D eigenvalue weighted by Gasteiger charge is 2.20. The maximum atomic E-state index is 12.8. The summed E-state index contributed by atoms with van der Waals surface area (Å²) in [5.41, 5.74) is 2.84. The number of carbonyl (C=O) groups excluding carboxylic acids is 1. The fourth-order valence-corrected chi connectivity index (χ4v) is 2.97. The van der Waals surface area contributed by atoms with E-state index in [0.29, 0.717) is 19.4 Å². The molecule has 1 heterocycles. The van der Waals surface area contributed by atoms with E-state index in [1.165, 1.54) is 0 Å². The molecule has 0 saturated heterocycles. The van der Waals surface area contributed by atoms with Crippen molar-refractivity contribution in [3.05, 3.63) is 95.8 Å². The average molecular weight is 346 g/mol. The number of nitrogens with one attached hydrogen (secondary N) is 1. The van der Waals surface area contributed by atoms with Gasteiger partial charge in [-0.15, -0.1) is 0 Å². The normalized spacial score (nSPS) is 11.7. The van der Waals surface area contributed by atoms with Gasteiger partial charge in [-0.3, -0.25) is 9.78 Å². The van der Waals surface area contributed by atoms with E-state index in [1.807, 2.05) is 54.6 Å². The molecule has 1 atom stereocenters. The first kappa shape index (κ1) is 17.7. The van der Waals surface area contributed by atoms with Gasteiger partial charge in [0.15, 0.2) is 0 Å². The van der Waals surface area contributed by atoms with Gasteiger partial charge in [0.25, 0.3) is 0 Å². The molecule has 2 N–H and O–H groups in total. The van der Waals surface area contributed by atoms with Crippen LogP contribution >= 0.6 is 0 Å². The van der Waals surface area contributed by atoms with Gasteiger partial charge in [-0.1, -0.05) is 54.6 Å². The van der Waals surface area contributed by atoms with Gasteiger partial charge in [-0.05, 0) is 41.7 Å². The number of aromatic hydroxyl groups is 1. The SMILES string of the molecule is O=C(NCCc1ccccc1O)C(Cc1cccnc1)c1ccccc1. The molecule has 1 amide bonds. The van der Waals surface area contributed by atoms with Crippen molar-refractivity contribution in [1.29, 1.82) is 0 Å². The van der Waals surface area contributed by atoms with Gasteiger partial charge < -0.3 is 10.4 Å². The van der Waals surface area contributed by atoms with Crippen LogP contribution in [0, 0.1) is 0 Å². The number of para-hydroxylation sites is 1. The van der Waals surface area contributed by atoms with E-state index in [-0.39, 0.29) is 17.6 Å². The highest BCUT2D eigenvalue weighted by Crippen LogP contribution is 2.21. The summed E-state index contributed by atoms with van der Waals surface area (Å²) < 4.78 is 0. The molecular weight excluding hydrogens is 324 g/mol. The van der Waals surface area contributed by atoms with Gasteiger partial charge in [0, 0.05) is 18.9 Å². The van der Waals surface area contributed by atoms with E-state index in [9.17, 15) is 9.90 Å². The number of aromatic nitrogens is 1. The predicted molar refractivity (Wildman–Crippen MR) is 102 cm³/mol. The molecule has 0 bridgehead atoms. The number of phenolic OH excluding ortho intramolecular Hbond substituents is 1. The Kier molecular flexibility index (Phi) is 5.99. The number of phenols is 1. The zero-order valence-electron chi connectivity index (χ0n) is 14.5. The lowest BCUT2D eigenvalue weighted by Gasteiger charge is -2.17. The Hall–Kier alpha value is -3.14. The summed E-state index contributed by atoms with van der Waals surface area (Å²) in [6.45, 7) is 0.479. The average Bonchev–Trinajstić information content (AvgIpc) is 2.69. The first-order valence-electron chi connectivity index (χ1n) is 8.72. The van der Waals surface area contributed by atoms with Crippen LogP contribution in [0.1, 0.15) is 22.6 Å². The Morgan fingerprint density at radius 3 is 2.50 bits per heavy atom. The van der Waals surface area contributed by atoms with Crippen LogP contribution in [-0.4, -0.2) is 22.5 Å². The lowest BCUT2D eigenvalue weighted by Crippen LogP contribution is -2.32. The molecule has 0 radical (unpaired) electrons. The maximum Gasteiger partial charge on any atom is 0.227 e. The first-order valence-corrected chi connectivity index (χ1v) is 8.72. The minimum absolute atomic E-state index is 0.0181. The van der Waals surface area contributed by atoms with Crippen LogP contribution in [0.25, 0.3) is 0 Å². The first-order chi connectivity index (χ1) is 12.7. The van der Waals surface area contributed by atoms with Crippen molar-refractivity contribution in [3.63, 3.8) is 0 Å². The third kappa shape index (κ3) is 4.70. The number of rotatable bonds is 7. The largest absolute Gasteiger partial charge is 0.508 e. The Bertz CT molecular complexity index is 835. The van der Waals surface area contributed by atoms with Crippen molar-refractivity contribution >= 4 is 5.91 Å². The van der Waals surface area contributed by atoms with Gasteiger partial charge >= 0.3 is 0 Å². The molecule has 0 aliphatic carbocycles. The Labute approximate surface area is 153 Å². The van der Waals surface area contributed by atoms with Crippen LogP contribution in [-0.2, 0) is 17.6 Å². The monoisotopic (exact) mass is 346 g/mol. The summed E-state index contributed by atoms with van der Waals surface area (Å²) in [4.78, 5) is 17.0. The van der Waals surface area contributed by atoms with E-state index in [1.54, 1.807) is 24.5 Å². The second kappa shape index (κ2) is 8.81. The zero-order chi connectivity index (χ0) is 18.2. The van der Waals surface area contributed by atoms with Crippen LogP contribution in [0.5, 0.6) is 5.75 Å². The molecule has 0 spiro atoms.